The molecule has 3 atom stereocenters. The molecule has 12 heteroatoms. The highest BCUT2D eigenvalue weighted by atomic mass is 35.5. The van der Waals surface area contributed by atoms with Gasteiger partial charge in [-0.25, -0.2) is 33.1 Å². The average molecular weight is 546 g/mol. The van der Waals surface area contributed by atoms with E-state index in [1.807, 2.05) is 11.4 Å². The molecule has 0 aliphatic heterocycles. The molecule has 6 rings (SSSR count). The summed E-state index contributed by atoms with van der Waals surface area (Å²) < 4.78 is 43.4. The Bertz CT molecular complexity index is 1620. The van der Waals surface area contributed by atoms with Gasteiger partial charge in [-0.15, -0.1) is 11.3 Å². The summed E-state index contributed by atoms with van der Waals surface area (Å²) >= 11 is 7.61. The van der Waals surface area contributed by atoms with Gasteiger partial charge in [0.1, 0.15) is 22.6 Å². The van der Waals surface area contributed by atoms with Gasteiger partial charge in [-0.05, 0) is 61.7 Å². The van der Waals surface area contributed by atoms with Crippen LogP contribution in [0.5, 0.6) is 0 Å². The molecule has 4 heterocycles. The van der Waals surface area contributed by atoms with Gasteiger partial charge in [-0.3, -0.25) is 0 Å². The van der Waals surface area contributed by atoms with Gasteiger partial charge in [0.2, 0.25) is 5.28 Å². The number of hydrogen-bond acceptors (Lipinski definition) is 7. The maximum Gasteiger partial charge on any atom is 0.225 e. The third-order valence-corrected chi connectivity index (χ3v) is 7.80. The van der Waals surface area contributed by atoms with Gasteiger partial charge in [-0.2, -0.15) is 0 Å². The van der Waals surface area contributed by atoms with Crippen molar-refractivity contribution >= 4 is 56.7 Å². The Kier molecular flexibility index (Phi) is 6.28. The number of aromatic nitrogens is 5. The molecule has 0 amide bonds. The van der Waals surface area contributed by atoms with Gasteiger partial charge >= 0.3 is 0 Å². The molecule has 7 nitrogen and oxygen atoms in total. The van der Waals surface area contributed by atoms with Gasteiger partial charge in [0.15, 0.2) is 17.5 Å². The fourth-order valence-electron chi connectivity index (χ4n) is 5.08. The minimum atomic E-state index is -1.44. The summed E-state index contributed by atoms with van der Waals surface area (Å²) in [5, 5.41) is 10.4. The lowest BCUT2D eigenvalue weighted by molar-refractivity contribution is 0.410. The third kappa shape index (κ3) is 4.66. The first kappa shape index (κ1) is 24.2. The SMILES string of the molecule is Cc1nc(-c2c[nH]c3c2=CC(F)CC=3F)nc(N[C@H]2CCC[C@@H](Nc3nc(Cl)nc4sccc34)C2)c1F. The van der Waals surface area contributed by atoms with Crippen molar-refractivity contribution in [2.24, 2.45) is 0 Å². The smallest absolute Gasteiger partial charge is 0.225 e. The van der Waals surface area contributed by atoms with Crippen LogP contribution < -0.4 is 21.2 Å². The highest BCUT2D eigenvalue weighted by Crippen LogP contribution is 2.31. The van der Waals surface area contributed by atoms with Gasteiger partial charge in [0, 0.05) is 35.5 Å². The maximum absolute atomic E-state index is 15.1. The summed E-state index contributed by atoms with van der Waals surface area (Å²) in [5.74, 6) is -0.129. The zero-order chi connectivity index (χ0) is 25.7. The highest BCUT2D eigenvalue weighted by Gasteiger charge is 2.26. The number of nitrogens with one attached hydrogen (secondary N) is 3. The zero-order valence-electron chi connectivity index (χ0n) is 19.8. The molecule has 0 radical (unpaired) electrons. The van der Waals surface area contributed by atoms with Crippen molar-refractivity contribution in [3.63, 3.8) is 0 Å². The molecule has 4 aromatic rings. The summed E-state index contributed by atoms with van der Waals surface area (Å²) in [6.45, 7) is 1.55. The van der Waals surface area contributed by atoms with E-state index in [4.69, 9.17) is 11.6 Å². The first-order chi connectivity index (χ1) is 17.9. The molecule has 1 unspecified atom stereocenters. The molecule has 0 bridgehead atoms. The maximum atomic E-state index is 15.1. The number of hydrogen-bond donors (Lipinski definition) is 3. The second-order valence-corrected chi connectivity index (χ2v) is 10.6. The van der Waals surface area contributed by atoms with E-state index in [-0.39, 0.29) is 46.5 Å². The van der Waals surface area contributed by atoms with Crippen LogP contribution in [0.1, 0.15) is 37.8 Å². The number of rotatable bonds is 5. The topological polar surface area (TPSA) is 91.4 Å². The van der Waals surface area contributed by atoms with Crippen LogP contribution in [-0.2, 0) is 0 Å². The summed E-state index contributed by atoms with van der Waals surface area (Å²) in [7, 11) is 0. The van der Waals surface area contributed by atoms with Crippen LogP contribution in [-0.4, -0.2) is 43.2 Å². The molecule has 1 fully saturated rings. The van der Waals surface area contributed by atoms with Crippen molar-refractivity contribution in [2.75, 3.05) is 10.6 Å². The number of halogens is 4. The first-order valence-electron chi connectivity index (χ1n) is 12.1. The van der Waals surface area contributed by atoms with E-state index < -0.39 is 17.8 Å². The van der Waals surface area contributed by atoms with Gasteiger partial charge in [0.25, 0.3) is 0 Å². The summed E-state index contributed by atoms with van der Waals surface area (Å²) in [6.07, 6.45) is 4.54. The van der Waals surface area contributed by atoms with Crippen molar-refractivity contribution in [1.29, 1.82) is 0 Å². The number of anilines is 2. The Labute approximate surface area is 218 Å². The first-order valence-corrected chi connectivity index (χ1v) is 13.3. The van der Waals surface area contributed by atoms with E-state index in [1.165, 1.54) is 23.6 Å². The van der Waals surface area contributed by atoms with Crippen molar-refractivity contribution < 1.29 is 13.2 Å². The quantitative estimate of drug-likeness (QED) is 0.305. The van der Waals surface area contributed by atoms with E-state index in [9.17, 15) is 8.78 Å². The zero-order valence-corrected chi connectivity index (χ0v) is 21.4. The molecule has 0 aromatic carbocycles. The number of alkyl halides is 1. The average Bonchev–Trinajstić information content (AvgIpc) is 3.49. The molecule has 4 aromatic heterocycles. The van der Waals surface area contributed by atoms with Crippen LogP contribution in [0.4, 0.5) is 24.8 Å². The standard InChI is InChI=1S/C25H23ClF3N7S/c1-11-19(29)23(34-22(31-11)17-10-30-20-16(17)7-12(27)8-18(20)28)33-14-4-2-3-13(9-14)32-21-15-5-6-37-24(15)36-25(26)35-21/h5-7,10,12-14,30H,2-4,8-9H2,1H3,(H,31,33,34)(H,32,35,36)/t12?,13-,14+/m1/s1. The van der Waals surface area contributed by atoms with Crippen molar-refractivity contribution in [3.05, 3.63) is 45.0 Å². The lowest BCUT2D eigenvalue weighted by Crippen LogP contribution is -2.35. The Morgan fingerprint density at radius 3 is 2.68 bits per heavy atom. The third-order valence-electron chi connectivity index (χ3n) is 6.82. The van der Waals surface area contributed by atoms with Crippen LogP contribution in [0, 0.1) is 12.7 Å². The second-order valence-electron chi connectivity index (χ2n) is 9.41. The summed E-state index contributed by atoms with van der Waals surface area (Å²) in [4.78, 5) is 21.0. The number of fused-ring (bicyclic) bond motifs is 2. The summed E-state index contributed by atoms with van der Waals surface area (Å²) in [6, 6.07) is 2.01. The molecule has 1 saturated carbocycles. The number of H-pyrrole nitrogens is 1. The number of nitrogens with zero attached hydrogens (tertiary/aromatic N) is 4. The molecule has 37 heavy (non-hydrogen) atoms. The Morgan fingerprint density at radius 1 is 1.08 bits per heavy atom. The fraction of sp³-hybridized carbons (Fsp3) is 0.360. The van der Waals surface area contributed by atoms with Gasteiger partial charge in [-0.1, -0.05) is 0 Å². The predicted molar refractivity (Wildman–Crippen MR) is 140 cm³/mol. The molecule has 2 aliphatic carbocycles. The Morgan fingerprint density at radius 2 is 1.86 bits per heavy atom. The molecule has 3 N–H and O–H groups in total. The minimum absolute atomic E-state index is 0.0501. The van der Waals surface area contributed by atoms with E-state index in [0.717, 1.165) is 29.5 Å². The lowest BCUT2D eigenvalue weighted by atomic mass is 9.91. The van der Waals surface area contributed by atoms with E-state index in [1.54, 1.807) is 6.92 Å². The predicted octanol–water partition coefficient (Wildman–Crippen LogP) is 5.01. The number of aryl methyl sites for hydroxylation is 1. The molecule has 192 valence electrons. The molecule has 0 spiro atoms. The monoisotopic (exact) mass is 545 g/mol. The molecule has 2 aliphatic rings. The minimum Gasteiger partial charge on any atom is -0.367 e. The Balaban J connectivity index is 1.25. The number of thiophene rings is 1. The van der Waals surface area contributed by atoms with E-state index in [2.05, 4.69) is 35.6 Å². The largest absolute Gasteiger partial charge is 0.367 e. The van der Waals surface area contributed by atoms with Crippen LogP contribution in [0.25, 0.3) is 33.5 Å². The van der Waals surface area contributed by atoms with Crippen LogP contribution in [0.3, 0.4) is 0 Å². The van der Waals surface area contributed by atoms with Crippen molar-refractivity contribution in [2.45, 2.75) is 57.3 Å². The van der Waals surface area contributed by atoms with Crippen LogP contribution in [0.15, 0.2) is 17.6 Å². The fourth-order valence-corrected chi connectivity index (χ4v) is 6.07. The van der Waals surface area contributed by atoms with Crippen LogP contribution in [0.2, 0.25) is 5.28 Å². The van der Waals surface area contributed by atoms with Gasteiger partial charge < -0.3 is 15.6 Å². The van der Waals surface area contributed by atoms with E-state index in [0.29, 0.717) is 23.0 Å². The summed E-state index contributed by atoms with van der Waals surface area (Å²) in [5.41, 5.74) is 0.586. The van der Waals surface area contributed by atoms with Crippen LogP contribution >= 0.6 is 22.9 Å². The van der Waals surface area contributed by atoms with Crippen molar-refractivity contribution in [1.82, 2.24) is 24.9 Å². The second kappa shape index (κ2) is 9.60. The van der Waals surface area contributed by atoms with Crippen molar-refractivity contribution in [3.8, 4) is 11.4 Å². The van der Waals surface area contributed by atoms with E-state index >= 15 is 4.39 Å². The molecular formula is C25H23ClF3N7S. The normalized spacial score (nSPS) is 21.5. The van der Waals surface area contributed by atoms with Gasteiger partial charge in [0.05, 0.1) is 16.4 Å². The highest BCUT2D eigenvalue weighted by molar-refractivity contribution is 7.16. The lowest BCUT2D eigenvalue weighted by Gasteiger charge is -2.31. The number of aromatic amines is 1. The molecular weight excluding hydrogens is 523 g/mol. The molecule has 0 saturated heterocycles. The Hall–Kier alpha value is -3.18.